The van der Waals surface area contributed by atoms with Crippen molar-refractivity contribution < 1.29 is 4.74 Å². The molecule has 0 amide bonds. The second-order valence-electron chi connectivity index (χ2n) is 6.70. The maximum absolute atomic E-state index is 6.23. The molecule has 0 saturated heterocycles. The summed E-state index contributed by atoms with van der Waals surface area (Å²) in [5.74, 6) is 0.447. The predicted molar refractivity (Wildman–Crippen MR) is 109 cm³/mol. The molecule has 0 unspecified atom stereocenters. The highest BCUT2D eigenvalue weighted by atomic mass is 35.5. The van der Waals surface area contributed by atoms with Crippen molar-refractivity contribution in [1.29, 1.82) is 0 Å². The maximum atomic E-state index is 6.23. The minimum absolute atomic E-state index is 0.265. The van der Waals surface area contributed by atoms with E-state index in [1.807, 2.05) is 23.9 Å². The molecule has 4 heterocycles. The molecule has 4 rings (SSSR count). The molecule has 0 aliphatic carbocycles. The second-order valence-corrected chi connectivity index (χ2v) is 7.51. The minimum atomic E-state index is -0.396. The fourth-order valence-electron chi connectivity index (χ4n) is 2.94. The third kappa shape index (κ3) is 3.43. The lowest BCUT2D eigenvalue weighted by atomic mass is 10.2. The van der Waals surface area contributed by atoms with Gasteiger partial charge in [0.25, 0.3) is 0 Å². The summed E-state index contributed by atoms with van der Waals surface area (Å²) in [5.41, 5.74) is 3.80. The zero-order chi connectivity index (χ0) is 19.8. The predicted octanol–water partition coefficient (Wildman–Crippen LogP) is 5.24. The van der Waals surface area contributed by atoms with E-state index in [0.717, 1.165) is 16.8 Å². The van der Waals surface area contributed by atoms with Crippen molar-refractivity contribution in [2.45, 2.75) is 32.9 Å². The number of rotatable bonds is 5. The Hall–Kier alpha value is -2.64. The molecule has 0 aliphatic rings. The van der Waals surface area contributed by atoms with Gasteiger partial charge in [-0.2, -0.15) is 10.2 Å². The largest absolute Gasteiger partial charge is 0.470 e. The summed E-state index contributed by atoms with van der Waals surface area (Å²) in [7, 11) is 0. The Bertz CT molecular complexity index is 1120. The van der Waals surface area contributed by atoms with Gasteiger partial charge in [-0.15, -0.1) is 0 Å². The molecule has 4 aromatic heterocycles. The third-order valence-electron chi connectivity index (χ3n) is 4.38. The normalized spacial score (nSPS) is 12.6. The van der Waals surface area contributed by atoms with Crippen LogP contribution in [0.5, 0.6) is 5.88 Å². The van der Waals surface area contributed by atoms with Crippen LogP contribution in [-0.4, -0.2) is 29.9 Å². The number of ether oxygens (including phenoxy) is 1. The molecule has 0 saturated carbocycles. The SMILES string of the molecule is CC(C)n1cc(-c2n[nH]c3ccc(O[C@H](C)c4c(Cl)cncc4Cl)nc23)cn1. The number of pyridine rings is 2. The van der Waals surface area contributed by atoms with Crippen LogP contribution in [0.1, 0.15) is 38.5 Å². The fourth-order valence-corrected chi connectivity index (χ4v) is 3.61. The van der Waals surface area contributed by atoms with Gasteiger partial charge in [0.15, 0.2) is 0 Å². The highest BCUT2D eigenvalue weighted by Gasteiger charge is 2.18. The van der Waals surface area contributed by atoms with Gasteiger partial charge in [0.1, 0.15) is 17.3 Å². The first-order valence-corrected chi connectivity index (χ1v) is 9.55. The van der Waals surface area contributed by atoms with Crippen LogP contribution in [0.25, 0.3) is 22.3 Å². The Morgan fingerprint density at radius 2 is 1.82 bits per heavy atom. The summed E-state index contributed by atoms with van der Waals surface area (Å²) in [6, 6.07) is 3.92. The zero-order valence-electron chi connectivity index (χ0n) is 15.5. The molecule has 1 N–H and O–H groups in total. The van der Waals surface area contributed by atoms with Crippen molar-refractivity contribution in [3.63, 3.8) is 0 Å². The van der Waals surface area contributed by atoms with E-state index in [1.165, 1.54) is 0 Å². The summed E-state index contributed by atoms with van der Waals surface area (Å²) >= 11 is 12.5. The Labute approximate surface area is 171 Å². The first kappa shape index (κ1) is 18.7. The van der Waals surface area contributed by atoms with Crippen molar-refractivity contribution in [2.75, 3.05) is 0 Å². The quantitative estimate of drug-likeness (QED) is 0.480. The van der Waals surface area contributed by atoms with Gasteiger partial charge >= 0.3 is 0 Å². The molecule has 0 spiro atoms. The van der Waals surface area contributed by atoms with Crippen LogP contribution < -0.4 is 4.74 Å². The topological polar surface area (TPSA) is 81.5 Å². The Morgan fingerprint density at radius 1 is 1.07 bits per heavy atom. The van der Waals surface area contributed by atoms with E-state index in [9.17, 15) is 0 Å². The standard InChI is InChI=1S/C19H18Cl2N6O/c1-10(2)27-9-12(6-23-27)18-19-15(25-26-18)4-5-16(24-19)28-11(3)17-13(20)7-22-8-14(17)21/h4-11H,1-3H3,(H,25,26)/t11-/m1/s1. The summed E-state index contributed by atoms with van der Waals surface area (Å²) in [6.45, 7) is 6.00. The summed E-state index contributed by atoms with van der Waals surface area (Å²) in [5, 5.41) is 12.7. The van der Waals surface area contributed by atoms with E-state index >= 15 is 0 Å². The Kier molecular flexibility index (Phi) is 4.95. The van der Waals surface area contributed by atoms with Crippen molar-refractivity contribution in [3.05, 3.63) is 52.5 Å². The average molecular weight is 417 g/mol. The first-order valence-electron chi connectivity index (χ1n) is 8.79. The molecule has 0 fully saturated rings. The van der Waals surface area contributed by atoms with E-state index in [2.05, 4.69) is 39.1 Å². The summed E-state index contributed by atoms with van der Waals surface area (Å²) in [4.78, 5) is 8.61. The van der Waals surface area contributed by atoms with Gasteiger partial charge in [-0.05, 0) is 26.8 Å². The van der Waals surface area contributed by atoms with Crippen LogP contribution in [0.2, 0.25) is 10.0 Å². The minimum Gasteiger partial charge on any atom is -0.470 e. The highest BCUT2D eigenvalue weighted by Crippen LogP contribution is 2.33. The van der Waals surface area contributed by atoms with E-state index < -0.39 is 6.10 Å². The van der Waals surface area contributed by atoms with E-state index in [4.69, 9.17) is 27.9 Å². The van der Waals surface area contributed by atoms with Gasteiger partial charge in [0, 0.05) is 41.8 Å². The first-order chi connectivity index (χ1) is 13.4. The number of aromatic nitrogens is 6. The van der Waals surface area contributed by atoms with Crippen LogP contribution in [0, 0.1) is 0 Å². The van der Waals surface area contributed by atoms with Gasteiger partial charge < -0.3 is 4.74 Å². The van der Waals surface area contributed by atoms with E-state index in [1.54, 1.807) is 24.7 Å². The lowest BCUT2D eigenvalue weighted by Gasteiger charge is -2.16. The molecule has 144 valence electrons. The number of fused-ring (bicyclic) bond motifs is 1. The van der Waals surface area contributed by atoms with Crippen LogP contribution in [0.4, 0.5) is 0 Å². The van der Waals surface area contributed by atoms with E-state index in [-0.39, 0.29) is 6.04 Å². The second kappa shape index (κ2) is 7.41. The molecule has 0 aromatic carbocycles. The molecule has 4 aromatic rings. The lowest BCUT2D eigenvalue weighted by Crippen LogP contribution is -2.06. The molecule has 28 heavy (non-hydrogen) atoms. The molecule has 1 atom stereocenters. The number of H-pyrrole nitrogens is 1. The van der Waals surface area contributed by atoms with Gasteiger partial charge in [0.2, 0.25) is 5.88 Å². The summed E-state index contributed by atoms with van der Waals surface area (Å²) < 4.78 is 7.88. The molecular weight excluding hydrogens is 399 g/mol. The van der Waals surface area contributed by atoms with Crippen molar-refractivity contribution in [1.82, 2.24) is 29.9 Å². The molecule has 0 bridgehead atoms. The maximum Gasteiger partial charge on any atom is 0.214 e. The average Bonchev–Trinajstić information content (AvgIpc) is 3.28. The van der Waals surface area contributed by atoms with Crippen LogP contribution in [0.3, 0.4) is 0 Å². The van der Waals surface area contributed by atoms with Crippen molar-refractivity contribution in [2.24, 2.45) is 0 Å². The lowest BCUT2D eigenvalue weighted by molar-refractivity contribution is 0.218. The van der Waals surface area contributed by atoms with Crippen LogP contribution in [0.15, 0.2) is 36.9 Å². The van der Waals surface area contributed by atoms with Gasteiger partial charge in [-0.25, -0.2) is 4.98 Å². The number of halogens is 2. The fraction of sp³-hybridized carbons (Fsp3) is 0.263. The van der Waals surface area contributed by atoms with Crippen molar-refractivity contribution in [3.8, 4) is 17.1 Å². The number of hydrogen-bond donors (Lipinski definition) is 1. The van der Waals surface area contributed by atoms with Crippen molar-refractivity contribution >= 4 is 34.2 Å². The van der Waals surface area contributed by atoms with Crippen LogP contribution >= 0.6 is 23.2 Å². The summed E-state index contributed by atoms with van der Waals surface area (Å²) in [6.07, 6.45) is 6.42. The molecular formula is C19H18Cl2N6O. The number of nitrogens with zero attached hydrogens (tertiary/aromatic N) is 5. The molecule has 0 radical (unpaired) electrons. The van der Waals surface area contributed by atoms with Gasteiger partial charge in [-0.1, -0.05) is 23.2 Å². The van der Waals surface area contributed by atoms with E-state index in [0.29, 0.717) is 27.0 Å². The zero-order valence-corrected chi connectivity index (χ0v) is 17.0. The molecule has 7 nitrogen and oxygen atoms in total. The molecule has 0 aliphatic heterocycles. The Morgan fingerprint density at radius 3 is 2.50 bits per heavy atom. The smallest absolute Gasteiger partial charge is 0.214 e. The molecule has 9 heteroatoms. The highest BCUT2D eigenvalue weighted by molar-refractivity contribution is 6.35. The van der Waals surface area contributed by atoms with Gasteiger partial charge in [-0.3, -0.25) is 14.8 Å². The number of nitrogens with one attached hydrogen (secondary N) is 1. The number of hydrogen-bond acceptors (Lipinski definition) is 5. The third-order valence-corrected chi connectivity index (χ3v) is 4.98. The Balaban J connectivity index is 1.67. The monoisotopic (exact) mass is 416 g/mol. The van der Waals surface area contributed by atoms with Crippen LogP contribution in [-0.2, 0) is 0 Å². The van der Waals surface area contributed by atoms with Gasteiger partial charge in [0.05, 0.1) is 21.8 Å². The number of aromatic amines is 1.